The first-order chi connectivity index (χ1) is 11.3. The van der Waals surface area contributed by atoms with Crippen LogP contribution in [0.4, 0.5) is 0 Å². The minimum atomic E-state index is 0.625. The van der Waals surface area contributed by atoms with Crippen molar-refractivity contribution in [1.82, 2.24) is 14.7 Å². The van der Waals surface area contributed by atoms with E-state index in [2.05, 4.69) is 39.3 Å². The van der Waals surface area contributed by atoms with Gasteiger partial charge in [-0.1, -0.05) is 37.1 Å². The molecule has 23 heavy (non-hydrogen) atoms. The molecule has 0 unspecified atom stereocenters. The molecule has 0 saturated carbocycles. The lowest BCUT2D eigenvalue weighted by molar-refractivity contribution is 0.428. The number of hydrogen-bond donors (Lipinski definition) is 1. The van der Waals surface area contributed by atoms with E-state index in [1.807, 2.05) is 16.9 Å². The van der Waals surface area contributed by atoms with Gasteiger partial charge in [0.2, 0.25) is 0 Å². The summed E-state index contributed by atoms with van der Waals surface area (Å²) in [6.45, 7) is 3.45. The van der Waals surface area contributed by atoms with Crippen LogP contribution >= 0.6 is 0 Å². The third-order valence-corrected chi connectivity index (χ3v) is 4.35. The van der Waals surface area contributed by atoms with Crippen LogP contribution in [0.3, 0.4) is 0 Å². The number of nitrogens with zero attached hydrogens (tertiary/aromatic N) is 4. The van der Waals surface area contributed by atoms with Gasteiger partial charge in [-0.3, -0.25) is 4.68 Å². The van der Waals surface area contributed by atoms with Crippen molar-refractivity contribution in [3.05, 3.63) is 53.9 Å². The summed E-state index contributed by atoms with van der Waals surface area (Å²) in [5.74, 6) is 0.681. The summed E-state index contributed by atoms with van der Waals surface area (Å²) in [5, 5.41) is 4.28. The minimum Gasteiger partial charge on any atom is -0.370 e. The summed E-state index contributed by atoms with van der Waals surface area (Å²) in [7, 11) is 0. The van der Waals surface area contributed by atoms with Crippen molar-refractivity contribution in [3.8, 4) is 0 Å². The Labute approximate surface area is 137 Å². The predicted octanol–water partition coefficient (Wildman–Crippen LogP) is 2.62. The van der Waals surface area contributed by atoms with Gasteiger partial charge in [0.15, 0.2) is 5.96 Å². The molecule has 5 nitrogen and oxygen atoms in total. The van der Waals surface area contributed by atoms with E-state index in [0.717, 1.165) is 19.6 Å². The second kappa shape index (κ2) is 7.81. The largest absolute Gasteiger partial charge is 0.370 e. The molecule has 2 heterocycles. The second-order valence-corrected chi connectivity index (χ2v) is 6.05. The molecule has 3 rings (SSSR count). The molecular weight excluding hydrogens is 286 g/mol. The summed E-state index contributed by atoms with van der Waals surface area (Å²) in [6, 6.07) is 10.3. The zero-order valence-corrected chi connectivity index (χ0v) is 13.6. The molecule has 2 N–H and O–H groups in total. The first kappa shape index (κ1) is 15.6. The van der Waals surface area contributed by atoms with E-state index in [4.69, 9.17) is 5.73 Å². The van der Waals surface area contributed by atoms with Gasteiger partial charge in [-0.15, -0.1) is 0 Å². The summed E-state index contributed by atoms with van der Waals surface area (Å²) in [5.41, 5.74) is 8.66. The van der Waals surface area contributed by atoms with Crippen LogP contribution < -0.4 is 5.73 Å². The van der Waals surface area contributed by atoms with Gasteiger partial charge in [-0.25, -0.2) is 4.99 Å². The van der Waals surface area contributed by atoms with Crippen LogP contribution in [-0.2, 0) is 13.1 Å². The molecule has 1 aliphatic rings. The number of rotatable bonds is 4. The number of likely N-dealkylation sites (tertiary alicyclic amines) is 1. The van der Waals surface area contributed by atoms with Crippen molar-refractivity contribution in [2.45, 2.75) is 38.8 Å². The molecular formula is C18H25N5. The topological polar surface area (TPSA) is 59.4 Å². The van der Waals surface area contributed by atoms with Crippen molar-refractivity contribution in [2.75, 3.05) is 13.1 Å². The van der Waals surface area contributed by atoms with Gasteiger partial charge in [0, 0.05) is 25.5 Å². The molecule has 0 bridgehead atoms. The van der Waals surface area contributed by atoms with Crippen molar-refractivity contribution in [3.63, 3.8) is 0 Å². The maximum atomic E-state index is 6.21. The fourth-order valence-electron chi connectivity index (χ4n) is 3.00. The third-order valence-electron chi connectivity index (χ3n) is 4.35. The molecule has 0 radical (unpaired) electrons. The van der Waals surface area contributed by atoms with E-state index in [1.165, 1.54) is 36.8 Å². The molecule has 1 saturated heterocycles. The van der Waals surface area contributed by atoms with Gasteiger partial charge in [-0.2, -0.15) is 5.10 Å². The van der Waals surface area contributed by atoms with Crippen LogP contribution in [0.2, 0.25) is 0 Å². The molecule has 1 fully saturated rings. The lowest BCUT2D eigenvalue weighted by atomic mass is 10.1. The van der Waals surface area contributed by atoms with Gasteiger partial charge < -0.3 is 10.6 Å². The highest BCUT2D eigenvalue weighted by Crippen LogP contribution is 2.13. The van der Waals surface area contributed by atoms with Gasteiger partial charge in [-0.05, 0) is 30.0 Å². The second-order valence-electron chi connectivity index (χ2n) is 6.05. The maximum Gasteiger partial charge on any atom is 0.191 e. The van der Waals surface area contributed by atoms with E-state index < -0.39 is 0 Å². The van der Waals surface area contributed by atoms with E-state index in [9.17, 15) is 0 Å². The summed E-state index contributed by atoms with van der Waals surface area (Å²) >= 11 is 0. The lowest BCUT2D eigenvalue weighted by Crippen LogP contribution is -2.38. The fourth-order valence-corrected chi connectivity index (χ4v) is 3.00. The molecule has 1 aliphatic heterocycles. The summed E-state index contributed by atoms with van der Waals surface area (Å²) < 4.78 is 1.93. The Morgan fingerprint density at radius 1 is 1.04 bits per heavy atom. The number of aliphatic imine (C=N–C) groups is 1. The van der Waals surface area contributed by atoms with Gasteiger partial charge >= 0.3 is 0 Å². The number of benzene rings is 1. The minimum absolute atomic E-state index is 0.625. The highest BCUT2D eigenvalue weighted by Gasteiger charge is 2.11. The molecule has 5 heteroatoms. The van der Waals surface area contributed by atoms with E-state index in [-0.39, 0.29) is 0 Å². The Morgan fingerprint density at radius 3 is 2.48 bits per heavy atom. The van der Waals surface area contributed by atoms with E-state index in [0.29, 0.717) is 12.5 Å². The van der Waals surface area contributed by atoms with Gasteiger partial charge in [0.25, 0.3) is 0 Å². The Morgan fingerprint density at radius 2 is 1.78 bits per heavy atom. The lowest BCUT2D eigenvalue weighted by Gasteiger charge is -2.21. The zero-order valence-electron chi connectivity index (χ0n) is 13.6. The van der Waals surface area contributed by atoms with Crippen LogP contribution in [0.25, 0.3) is 0 Å². The van der Waals surface area contributed by atoms with Crippen LogP contribution in [-0.4, -0.2) is 33.7 Å². The van der Waals surface area contributed by atoms with Crippen molar-refractivity contribution in [1.29, 1.82) is 0 Å². The van der Waals surface area contributed by atoms with Crippen LogP contribution in [0, 0.1) is 0 Å². The average Bonchev–Trinajstić information content (AvgIpc) is 2.93. The molecule has 0 amide bonds. The SMILES string of the molecule is NC(=NCc1ccccc1Cn1cccn1)N1CCCCCC1. The van der Waals surface area contributed by atoms with Gasteiger partial charge in [0.05, 0.1) is 13.1 Å². The van der Waals surface area contributed by atoms with Crippen molar-refractivity contribution in [2.24, 2.45) is 10.7 Å². The smallest absolute Gasteiger partial charge is 0.191 e. The quantitative estimate of drug-likeness (QED) is 0.697. The third kappa shape index (κ3) is 4.34. The van der Waals surface area contributed by atoms with E-state index >= 15 is 0 Å². The fraction of sp³-hybridized carbons (Fsp3) is 0.444. The molecule has 1 aromatic heterocycles. The number of aromatic nitrogens is 2. The number of nitrogens with two attached hydrogens (primary N) is 1. The normalized spacial score (nSPS) is 16.3. The molecule has 0 spiro atoms. The van der Waals surface area contributed by atoms with Crippen LogP contribution in [0.5, 0.6) is 0 Å². The first-order valence-corrected chi connectivity index (χ1v) is 8.42. The number of guanidine groups is 1. The van der Waals surface area contributed by atoms with Crippen LogP contribution in [0.15, 0.2) is 47.7 Å². The number of hydrogen-bond acceptors (Lipinski definition) is 2. The zero-order chi connectivity index (χ0) is 15.9. The highest BCUT2D eigenvalue weighted by atomic mass is 15.3. The monoisotopic (exact) mass is 311 g/mol. The maximum absolute atomic E-state index is 6.21. The van der Waals surface area contributed by atoms with E-state index in [1.54, 1.807) is 6.20 Å². The standard InChI is InChI=1S/C18H25N5/c19-18(22-11-5-1-2-6-12-22)20-14-16-8-3-4-9-17(16)15-23-13-7-10-21-23/h3-4,7-10,13H,1-2,5-6,11-12,14-15H2,(H2,19,20). The molecule has 0 atom stereocenters. The predicted molar refractivity (Wildman–Crippen MR) is 93.1 cm³/mol. The average molecular weight is 311 g/mol. The Balaban J connectivity index is 1.68. The highest BCUT2D eigenvalue weighted by molar-refractivity contribution is 5.78. The first-order valence-electron chi connectivity index (χ1n) is 8.42. The molecule has 1 aromatic carbocycles. The van der Waals surface area contributed by atoms with Gasteiger partial charge in [0.1, 0.15) is 0 Å². The Kier molecular flexibility index (Phi) is 5.29. The van der Waals surface area contributed by atoms with Crippen LogP contribution in [0.1, 0.15) is 36.8 Å². The molecule has 122 valence electrons. The molecule has 2 aromatic rings. The summed E-state index contributed by atoms with van der Waals surface area (Å²) in [6.07, 6.45) is 8.81. The summed E-state index contributed by atoms with van der Waals surface area (Å²) in [4.78, 5) is 6.87. The van der Waals surface area contributed by atoms with Crippen molar-refractivity contribution >= 4 is 5.96 Å². The Hall–Kier alpha value is -2.30. The Bertz CT molecular complexity index is 625. The van der Waals surface area contributed by atoms with Crippen molar-refractivity contribution < 1.29 is 0 Å². The molecule has 0 aliphatic carbocycles.